The van der Waals surface area contributed by atoms with Crippen LogP contribution in [0, 0.1) is 0 Å². The predicted octanol–water partition coefficient (Wildman–Crippen LogP) is 3.29. The topological polar surface area (TPSA) is 42.7 Å². The lowest BCUT2D eigenvalue weighted by atomic mass is 10.1. The SMILES string of the molecule is CC(NC(C)c1nnc2n1CCC2)c1ccccc1Cl. The smallest absolute Gasteiger partial charge is 0.149 e. The lowest BCUT2D eigenvalue weighted by Crippen LogP contribution is -2.25. The summed E-state index contributed by atoms with van der Waals surface area (Å²) in [6, 6.07) is 8.27. The van der Waals surface area contributed by atoms with Gasteiger partial charge in [0.15, 0.2) is 0 Å². The van der Waals surface area contributed by atoms with Gasteiger partial charge in [-0.3, -0.25) is 0 Å². The van der Waals surface area contributed by atoms with Crippen molar-refractivity contribution in [1.29, 1.82) is 0 Å². The van der Waals surface area contributed by atoms with Gasteiger partial charge in [-0.1, -0.05) is 29.8 Å². The van der Waals surface area contributed by atoms with Gasteiger partial charge in [0, 0.05) is 24.0 Å². The van der Waals surface area contributed by atoms with E-state index < -0.39 is 0 Å². The quantitative estimate of drug-likeness (QED) is 0.939. The highest BCUT2D eigenvalue weighted by molar-refractivity contribution is 6.31. The highest BCUT2D eigenvalue weighted by atomic mass is 35.5. The molecule has 2 atom stereocenters. The summed E-state index contributed by atoms with van der Waals surface area (Å²) in [5.41, 5.74) is 1.11. The number of hydrogen-bond donors (Lipinski definition) is 1. The summed E-state index contributed by atoms with van der Waals surface area (Å²) < 4.78 is 2.23. The fraction of sp³-hybridized carbons (Fsp3) is 0.467. The van der Waals surface area contributed by atoms with Crippen molar-refractivity contribution in [2.45, 2.75) is 45.3 Å². The molecule has 1 aliphatic rings. The van der Waals surface area contributed by atoms with Gasteiger partial charge in [-0.15, -0.1) is 10.2 Å². The van der Waals surface area contributed by atoms with Crippen LogP contribution in [0.5, 0.6) is 0 Å². The standard InChI is InChI=1S/C15H19ClN4/c1-10(12-6-3-4-7-13(12)16)17-11(2)15-19-18-14-8-5-9-20(14)15/h3-4,6-7,10-11,17H,5,8-9H2,1-2H3. The predicted molar refractivity (Wildman–Crippen MR) is 79.8 cm³/mol. The molecule has 1 aromatic carbocycles. The maximum atomic E-state index is 6.25. The molecule has 20 heavy (non-hydrogen) atoms. The molecule has 0 amide bonds. The first-order chi connectivity index (χ1) is 9.66. The van der Waals surface area contributed by atoms with Crippen LogP contribution in [-0.4, -0.2) is 14.8 Å². The van der Waals surface area contributed by atoms with Crippen molar-refractivity contribution >= 4 is 11.6 Å². The normalized spacial score (nSPS) is 16.9. The van der Waals surface area contributed by atoms with E-state index in [1.165, 1.54) is 6.42 Å². The Morgan fingerprint density at radius 1 is 1.20 bits per heavy atom. The summed E-state index contributed by atoms with van der Waals surface area (Å²) >= 11 is 6.25. The molecule has 3 rings (SSSR count). The number of nitrogens with zero attached hydrogens (tertiary/aromatic N) is 3. The summed E-state index contributed by atoms with van der Waals surface area (Å²) in [7, 11) is 0. The second kappa shape index (κ2) is 5.54. The average Bonchev–Trinajstić information content (AvgIpc) is 3.00. The van der Waals surface area contributed by atoms with Crippen molar-refractivity contribution in [2.24, 2.45) is 0 Å². The van der Waals surface area contributed by atoms with Gasteiger partial charge in [0.2, 0.25) is 0 Å². The molecule has 0 aliphatic carbocycles. The average molecular weight is 291 g/mol. The molecule has 0 saturated heterocycles. The van der Waals surface area contributed by atoms with Gasteiger partial charge in [0.05, 0.1) is 6.04 Å². The Hall–Kier alpha value is -1.39. The number of fused-ring (bicyclic) bond motifs is 1. The largest absolute Gasteiger partial charge is 0.314 e. The molecule has 0 fully saturated rings. The Labute approximate surface area is 124 Å². The molecule has 2 heterocycles. The maximum absolute atomic E-state index is 6.25. The third-order valence-corrected chi connectivity index (χ3v) is 4.24. The van der Waals surface area contributed by atoms with Gasteiger partial charge >= 0.3 is 0 Å². The highest BCUT2D eigenvalue weighted by Crippen LogP contribution is 2.26. The number of rotatable bonds is 4. The Balaban J connectivity index is 1.76. The molecule has 4 nitrogen and oxygen atoms in total. The number of aromatic nitrogens is 3. The number of nitrogens with one attached hydrogen (secondary N) is 1. The molecular formula is C15H19ClN4. The molecule has 0 bridgehead atoms. The van der Waals surface area contributed by atoms with Crippen LogP contribution in [0.15, 0.2) is 24.3 Å². The number of hydrogen-bond acceptors (Lipinski definition) is 3. The highest BCUT2D eigenvalue weighted by Gasteiger charge is 2.22. The zero-order valence-electron chi connectivity index (χ0n) is 11.8. The second-order valence-corrected chi connectivity index (χ2v) is 5.77. The molecule has 106 valence electrons. The van der Waals surface area contributed by atoms with Crippen molar-refractivity contribution in [1.82, 2.24) is 20.1 Å². The van der Waals surface area contributed by atoms with Crippen LogP contribution < -0.4 is 5.32 Å². The molecule has 1 aromatic heterocycles. The number of benzene rings is 1. The zero-order valence-corrected chi connectivity index (χ0v) is 12.6. The molecular weight excluding hydrogens is 272 g/mol. The third-order valence-electron chi connectivity index (χ3n) is 3.90. The number of halogens is 1. The first-order valence-electron chi connectivity index (χ1n) is 7.09. The van der Waals surface area contributed by atoms with Crippen LogP contribution >= 0.6 is 11.6 Å². The molecule has 2 unspecified atom stereocenters. The fourth-order valence-electron chi connectivity index (χ4n) is 2.86. The van der Waals surface area contributed by atoms with Crippen LogP contribution in [-0.2, 0) is 13.0 Å². The van der Waals surface area contributed by atoms with Gasteiger partial charge in [-0.05, 0) is 31.9 Å². The van der Waals surface area contributed by atoms with Crippen molar-refractivity contribution in [3.63, 3.8) is 0 Å². The number of aryl methyl sites for hydroxylation is 1. The molecule has 0 spiro atoms. The first-order valence-corrected chi connectivity index (χ1v) is 7.47. The monoisotopic (exact) mass is 290 g/mol. The van der Waals surface area contributed by atoms with Crippen LogP contribution in [0.1, 0.15) is 49.6 Å². The van der Waals surface area contributed by atoms with E-state index in [4.69, 9.17) is 11.6 Å². The Morgan fingerprint density at radius 3 is 2.80 bits per heavy atom. The summed E-state index contributed by atoms with van der Waals surface area (Å²) in [5, 5.41) is 12.9. The Morgan fingerprint density at radius 2 is 2.00 bits per heavy atom. The lowest BCUT2D eigenvalue weighted by Gasteiger charge is -2.21. The van der Waals surface area contributed by atoms with Crippen molar-refractivity contribution in [2.75, 3.05) is 0 Å². The van der Waals surface area contributed by atoms with Gasteiger partial charge in [0.25, 0.3) is 0 Å². The van der Waals surface area contributed by atoms with E-state index in [0.717, 1.165) is 35.2 Å². The summed E-state index contributed by atoms with van der Waals surface area (Å²) in [6.07, 6.45) is 2.21. The van der Waals surface area contributed by atoms with Crippen LogP contribution in [0.2, 0.25) is 5.02 Å². The van der Waals surface area contributed by atoms with Crippen LogP contribution in [0.4, 0.5) is 0 Å². The Bertz CT molecular complexity index is 608. The van der Waals surface area contributed by atoms with Crippen molar-refractivity contribution in [3.05, 3.63) is 46.5 Å². The Kier molecular flexibility index (Phi) is 3.76. The lowest BCUT2D eigenvalue weighted by molar-refractivity contribution is 0.459. The second-order valence-electron chi connectivity index (χ2n) is 5.36. The molecule has 0 saturated carbocycles. The molecule has 2 aromatic rings. The van der Waals surface area contributed by atoms with Gasteiger partial charge in [-0.25, -0.2) is 0 Å². The van der Waals surface area contributed by atoms with E-state index in [1.54, 1.807) is 0 Å². The van der Waals surface area contributed by atoms with Crippen molar-refractivity contribution in [3.8, 4) is 0 Å². The minimum absolute atomic E-state index is 0.153. The third kappa shape index (κ3) is 2.45. The van der Waals surface area contributed by atoms with Gasteiger partial charge < -0.3 is 9.88 Å². The van der Waals surface area contributed by atoms with E-state index in [1.807, 2.05) is 18.2 Å². The van der Waals surface area contributed by atoms with Crippen molar-refractivity contribution < 1.29 is 0 Å². The van der Waals surface area contributed by atoms with Gasteiger partial charge in [0.1, 0.15) is 11.6 Å². The van der Waals surface area contributed by atoms with Gasteiger partial charge in [-0.2, -0.15) is 0 Å². The van der Waals surface area contributed by atoms with E-state index in [0.29, 0.717) is 0 Å². The summed E-state index contributed by atoms with van der Waals surface area (Å²) in [5.74, 6) is 2.13. The van der Waals surface area contributed by atoms with Crippen LogP contribution in [0.25, 0.3) is 0 Å². The van der Waals surface area contributed by atoms with E-state index >= 15 is 0 Å². The fourth-order valence-corrected chi connectivity index (χ4v) is 3.16. The van der Waals surface area contributed by atoms with E-state index in [2.05, 4.69) is 40.0 Å². The van der Waals surface area contributed by atoms with E-state index in [-0.39, 0.29) is 12.1 Å². The van der Waals surface area contributed by atoms with Crippen LogP contribution in [0.3, 0.4) is 0 Å². The summed E-state index contributed by atoms with van der Waals surface area (Å²) in [4.78, 5) is 0. The molecule has 0 radical (unpaired) electrons. The molecule has 1 N–H and O–H groups in total. The maximum Gasteiger partial charge on any atom is 0.149 e. The zero-order chi connectivity index (χ0) is 14.1. The minimum atomic E-state index is 0.153. The summed E-state index contributed by atoms with van der Waals surface area (Å²) in [6.45, 7) is 5.28. The first kappa shape index (κ1) is 13.6. The molecule has 5 heteroatoms. The minimum Gasteiger partial charge on any atom is -0.314 e. The van der Waals surface area contributed by atoms with E-state index in [9.17, 15) is 0 Å². The molecule has 1 aliphatic heterocycles.